The fourth-order valence-electron chi connectivity index (χ4n) is 1.54. The third kappa shape index (κ3) is 4.60. The second kappa shape index (κ2) is 7.63. The minimum absolute atomic E-state index is 0. The topological polar surface area (TPSA) is 32.3 Å². The normalized spacial score (nSPS) is 25.7. The molecule has 0 radical (unpaired) electrons. The molecule has 0 aromatic rings. The van der Waals surface area contributed by atoms with E-state index in [-0.39, 0.29) is 7.33 Å². The van der Waals surface area contributed by atoms with Gasteiger partial charge in [-0.15, -0.1) is 0 Å². The van der Waals surface area contributed by atoms with Crippen molar-refractivity contribution in [1.29, 1.82) is 0 Å². The minimum atomic E-state index is -0.999. The summed E-state index contributed by atoms with van der Waals surface area (Å²) >= 11 is 0. The van der Waals surface area contributed by atoms with Crippen molar-refractivity contribution < 1.29 is 10.6 Å². The lowest BCUT2D eigenvalue weighted by Crippen LogP contribution is -2.45. The maximum atomic E-state index is 13.1. The van der Waals surface area contributed by atoms with Crippen LogP contribution in [0.15, 0.2) is 0 Å². The van der Waals surface area contributed by atoms with Crippen LogP contribution >= 0.6 is 0 Å². The van der Waals surface area contributed by atoms with E-state index in [0.717, 1.165) is 0 Å². The second-order valence-corrected chi connectivity index (χ2v) is 3.83. The number of nitrogens with one attached hydrogen (secondary N) is 1. The van der Waals surface area contributed by atoms with Gasteiger partial charge < -0.3 is 5.32 Å². The van der Waals surface area contributed by atoms with Crippen LogP contribution in [0, 0.1) is 0 Å². The predicted octanol–water partition coefficient (Wildman–Crippen LogP) is 1.83. The molecule has 1 aliphatic rings. The van der Waals surface area contributed by atoms with E-state index in [0.29, 0.717) is 19.5 Å². The van der Waals surface area contributed by atoms with E-state index in [1.165, 1.54) is 6.42 Å². The Kier molecular flexibility index (Phi) is 7.30. The van der Waals surface area contributed by atoms with Crippen LogP contribution in [0.1, 0.15) is 35.0 Å². The average molecular weight is 220 g/mol. The van der Waals surface area contributed by atoms with E-state index in [4.69, 9.17) is 0 Å². The molecule has 1 amide bonds. The van der Waals surface area contributed by atoms with Gasteiger partial charge in [-0.1, -0.05) is 20.3 Å². The van der Waals surface area contributed by atoms with Crippen molar-refractivity contribution in [3.05, 3.63) is 0 Å². The van der Waals surface area contributed by atoms with E-state index < -0.39 is 12.2 Å². The van der Waals surface area contributed by atoms with Crippen molar-refractivity contribution in [2.75, 3.05) is 20.1 Å². The van der Waals surface area contributed by atoms with E-state index in [2.05, 4.69) is 19.2 Å². The number of alkyl halides is 1. The van der Waals surface area contributed by atoms with Crippen LogP contribution in [0.5, 0.6) is 0 Å². The summed E-state index contributed by atoms with van der Waals surface area (Å²) in [5.41, 5.74) is 0. The van der Waals surface area contributed by atoms with Crippen LogP contribution in [0.3, 0.4) is 0 Å². The first-order valence-corrected chi connectivity index (χ1v) is 5.70. The lowest BCUT2D eigenvalue weighted by molar-refractivity contribution is -0.126. The maximum absolute atomic E-state index is 13.1. The van der Waals surface area contributed by atoms with Crippen molar-refractivity contribution in [1.82, 2.24) is 10.2 Å². The largest absolute Gasteiger partial charge is 0.355 e. The van der Waals surface area contributed by atoms with Gasteiger partial charge in [-0.3, -0.25) is 9.69 Å². The Morgan fingerprint density at radius 2 is 2.07 bits per heavy atom. The quantitative estimate of drug-likeness (QED) is 0.770. The molecule has 4 heteroatoms. The van der Waals surface area contributed by atoms with Crippen molar-refractivity contribution in [3.63, 3.8) is 0 Å². The number of halogens is 1. The zero-order valence-electron chi connectivity index (χ0n) is 10.2. The monoisotopic (exact) mass is 220 g/mol. The van der Waals surface area contributed by atoms with Gasteiger partial charge in [0.25, 0.3) is 0 Å². The molecule has 3 nitrogen and oxygen atoms in total. The molecule has 1 N–H and O–H groups in total. The van der Waals surface area contributed by atoms with E-state index in [9.17, 15) is 9.18 Å². The fourth-order valence-corrected chi connectivity index (χ4v) is 1.54. The third-order valence-corrected chi connectivity index (χ3v) is 2.19. The summed E-state index contributed by atoms with van der Waals surface area (Å²) in [7, 11) is 1.78. The number of carbonyl (C=O) groups excluding carboxylic acids is 1. The van der Waals surface area contributed by atoms with Crippen LogP contribution < -0.4 is 5.32 Å². The molecule has 1 saturated heterocycles. The first-order valence-electron chi connectivity index (χ1n) is 5.70. The van der Waals surface area contributed by atoms with E-state index in [1.54, 1.807) is 11.9 Å². The van der Waals surface area contributed by atoms with Crippen LogP contribution in [0.2, 0.25) is 0 Å². The summed E-state index contributed by atoms with van der Waals surface area (Å²) in [5.74, 6) is -0.190. The number of carbonyl (C=O) groups is 1. The fraction of sp³-hybridized carbons (Fsp3) is 0.909. The van der Waals surface area contributed by atoms with Crippen LogP contribution in [-0.2, 0) is 4.79 Å². The Labute approximate surface area is 93.5 Å². The molecule has 1 heterocycles. The van der Waals surface area contributed by atoms with Crippen molar-refractivity contribution in [2.24, 2.45) is 0 Å². The number of rotatable bonds is 2. The lowest BCUT2D eigenvalue weighted by atomic mass is 10.2. The summed E-state index contributed by atoms with van der Waals surface area (Å²) in [6, 6.07) is -0.565. The molecule has 0 aromatic carbocycles. The Morgan fingerprint density at radius 1 is 1.53 bits per heavy atom. The Balaban J connectivity index is 0. The van der Waals surface area contributed by atoms with Gasteiger partial charge in [-0.25, -0.2) is 4.39 Å². The molecule has 1 rings (SSSR count). The zero-order chi connectivity index (χ0) is 11.8. The molecule has 15 heavy (non-hydrogen) atoms. The maximum Gasteiger partial charge on any atom is 0.240 e. The van der Waals surface area contributed by atoms with Gasteiger partial charge in [0.15, 0.2) is 0 Å². The number of amides is 1. The smallest absolute Gasteiger partial charge is 0.240 e. The highest BCUT2D eigenvalue weighted by Crippen LogP contribution is 2.18. The molecule has 0 unspecified atom stereocenters. The van der Waals surface area contributed by atoms with E-state index >= 15 is 0 Å². The summed E-state index contributed by atoms with van der Waals surface area (Å²) < 4.78 is 13.1. The molecule has 0 saturated carbocycles. The summed E-state index contributed by atoms with van der Waals surface area (Å²) in [5, 5.41) is 2.63. The summed E-state index contributed by atoms with van der Waals surface area (Å²) in [6.07, 6.45) is 0.722. The molecular weight excluding hydrogens is 195 g/mol. The van der Waals surface area contributed by atoms with Gasteiger partial charge in [0, 0.05) is 14.5 Å². The minimum Gasteiger partial charge on any atom is -0.355 e. The number of hydrogen-bond donors (Lipinski definition) is 1. The number of likely N-dealkylation sites (tertiary alicyclic amines) is 1. The lowest BCUT2D eigenvalue weighted by Gasteiger charge is -2.19. The standard InChI is InChI=1S/C8H15FN2O.C3H8.H2/c1-3-10-8(12)7-6(9)4-5-11(7)2;1-3-2;/h6-7H,3-5H2,1-2H3,(H,10,12);3H2,1-2H3;1H/t6-,7+;;/m0../s1. The number of likely N-dealkylation sites (N-methyl/N-ethyl adjacent to an activating group) is 2. The van der Waals surface area contributed by atoms with Gasteiger partial charge in [-0.2, -0.15) is 0 Å². The molecular formula is C11H25FN2O. The molecule has 0 bridgehead atoms. The highest BCUT2D eigenvalue weighted by molar-refractivity contribution is 5.82. The molecule has 1 aliphatic heterocycles. The van der Waals surface area contributed by atoms with Crippen LogP contribution in [0.4, 0.5) is 4.39 Å². The SMILES string of the molecule is CCC.CCNC(=O)[C@H]1[C@@H](F)CCN1C.[HH]. The predicted molar refractivity (Wildman–Crippen MR) is 62.7 cm³/mol. The van der Waals surface area contributed by atoms with Crippen molar-refractivity contribution >= 4 is 5.91 Å². The first-order chi connectivity index (χ1) is 7.08. The van der Waals surface area contributed by atoms with Crippen LogP contribution in [-0.4, -0.2) is 43.2 Å². The van der Waals surface area contributed by atoms with Crippen molar-refractivity contribution in [2.45, 2.75) is 45.8 Å². The Morgan fingerprint density at radius 3 is 2.40 bits per heavy atom. The zero-order valence-corrected chi connectivity index (χ0v) is 10.2. The molecule has 2 atom stereocenters. The highest BCUT2D eigenvalue weighted by atomic mass is 19.1. The molecule has 92 valence electrons. The van der Waals surface area contributed by atoms with Gasteiger partial charge >= 0.3 is 0 Å². The van der Waals surface area contributed by atoms with Gasteiger partial charge in [-0.05, 0) is 20.4 Å². The Bertz CT molecular complexity index is 183. The number of nitrogens with zero attached hydrogens (tertiary/aromatic N) is 1. The summed E-state index contributed by atoms with van der Waals surface area (Å²) in [6.45, 7) is 7.32. The third-order valence-electron chi connectivity index (χ3n) is 2.19. The number of hydrogen-bond acceptors (Lipinski definition) is 2. The molecule has 0 spiro atoms. The van der Waals surface area contributed by atoms with Gasteiger partial charge in [0.1, 0.15) is 12.2 Å². The second-order valence-electron chi connectivity index (χ2n) is 3.83. The van der Waals surface area contributed by atoms with Gasteiger partial charge in [0.2, 0.25) is 5.91 Å². The molecule has 0 aromatic heterocycles. The molecule has 1 fully saturated rings. The molecule has 0 aliphatic carbocycles. The average Bonchev–Trinajstić information content (AvgIpc) is 2.48. The van der Waals surface area contributed by atoms with Gasteiger partial charge in [0.05, 0.1) is 0 Å². The first kappa shape index (κ1) is 14.4. The van der Waals surface area contributed by atoms with E-state index in [1.807, 2.05) is 6.92 Å². The highest BCUT2D eigenvalue weighted by Gasteiger charge is 2.36. The summed E-state index contributed by atoms with van der Waals surface area (Å²) in [4.78, 5) is 13.0. The van der Waals surface area contributed by atoms with Crippen LogP contribution in [0.25, 0.3) is 0 Å². The Hall–Kier alpha value is -0.640. The van der Waals surface area contributed by atoms with Crippen molar-refractivity contribution in [3.8, 4) is 0 Å².